The van der Waals surface area contributed by atoms with Crippen molar-refractivity contribution in [2.24, 2.45) is 0 Å². The number of aromatic carboxylic acids is 1. The van der Waals surface area contributed by atoms with Gasteiger partial charge in [0.2, 0.25) is 0 Å². The Hall–Kier alpha value is -3.55. The van der Waals surface area contributed by atoms with Crippen LogP contribution in [0.5, 0.6) is 0 Å². The highest BCUT2D eigenvalue weighted by atomic mass is 16.4. The predicted octanol–water partition coefficient (Wildman–Crippen LogP) is 1.70. The predicted molar refractivity (Wildman–Crippen MR) is 80.7 cm³/mol. The summed E-state index contributed by atoms with van der Waals surface area (Å²) < 4.78 is 3.25. The Morgan fingerprint density at radius 1 is 1.09 bits per heavy atom. The fraction of sp³-hybridized carbons (Fsp3) is 0. The number of para-hydroxylation sites is 1. The van der Waals surface area contributed by atoms with Gasteiger partial charge in [-0.1, -0.05) is 18.2 Å². The first-order valence-electron chi connectivity index (χ1n) is 6.76. The van der Waals surface area contributed by atoms with Crippen LogP contribution < -0.4 is 0 Å². The Labute approximate surface area is 129 Å². The second-order valence-electron chi connectivity index (χ2n) is 4.80. The quantitative estimate of drug-likeness (QED) is 0.618. The lowest BCUT2D eigenvalue weighted by atomic mass is 10.3. The van der Waals surface area contributed by atoms with E-state index < -0.39 is 5.97 Å². The maximum Gasteiger partial charge on any atom is 0.356 e. The largest absolute Gasteiger partial charge is 0.476 e. The van der Waals surface area contributed by atoms with E-state index in [1.807, 2.05) is 30.3 Å². The highest BCUT2D eigenvalue weighted by Gasteiger charge is 2.14. The summed E-state index contributed by atoms with van der Waals surface area (Å²) in [4.78, 5) is 23.3. The van der Waals surface area contributed by atoms with Crippen LogP contribution in [0.25, 0.3) is 22.5 Å². The van der Waals surface area contributed by atoms with Gasteiger partial charge in [0.25, 0.3) is 0 Å². The lowest BCUT2D eigenvalue weighted by Crippen LogP contribution is -2.00. The zero-order chi connectivity index (χ0) is 15.8. The highest BCUT2D eigenvalue weighted by molar-refractivity contribution is 5.86. The van der Waals surface area contributed by atoms with Crippen LogP contribution in [0.15, 0.2) is 55.4 Å². The zero-order valence-corrected chi connectivity index (χ0v) is 11.7. The van der Waals surface area contributed by atoms with Crippen molar-refractivity contribution >= 4 is 17.0 Å². The van der Waals surface area contributed by atoms with Crippen molar-refractivity contribution in [2.45, 2.75) is 0 Å². The fourth-order valence-corrected chi connectivity index (χ4v) is 2.34. The molecule has 0 saturated heterocycles. The lowest BCUT2D eigenvalue weighted by molar-refractivity contribution is 0.0691. The van der Waals surface area contributed by atoms with E-state index in [1.165, 1.54) is 18.9 Å². The second-order valence-corrected chi connectivity index (χ2v) is 4.80. The van der Waals surface area contributed by atoms with Gasteiger partial charge in [-0.05, 0) is 12.1 Å². The maximum absolute atomic E-state index is 11.0. The maximum atomic E-state index is 11.0. The van der Waals surface area contributed by atoms with Crippen LogP contribution in [0.3, 0.4) is 0 Å². The van der Waals surface area contributed by atoms with Gasteiger partial charge in [0.15, 0.2) is 17.2 Å². The van der Waals surface area contributed by atoms with Crippen molar-refractivity contribution < 1.29 is 9.90 Å². The fourth-order valence-electron chi connectivity index (χ4n) is 2.34. The summed E-state index contributed by atoms with van der Waals surface area (Å²) in [7, 11) is 0. The number of hydrogen-bond acceptors (Lipinski definition) is 5. The molecule has 3 heterocycles. The third kappa shape index (κ3) is 2.13. The van der Waals surface area contributed by atoms with E-state index in [1.54, 1.807) is 15.4 Å². The number of rotatable bonds is 3. The molecule has 1 aromatic carbocycles. The van der Waals surface area contributed by atoms with Gasteiger partial charge < -0.3 is 5.11 Å². The Morgan fingerprint density at radius 2 is 1.91 bits per heavy atom. The summed E-state index contributed by atoms with van der Waals surface area (Å²) >= 11 is 0. The molecule has 0 spiro atoms. The van der Waals surface area contributed by atoms with Crippen LogP contribution in [-0.2, 0) is 0 Å². The van der Waals surface area contributed by atoms with E-state index in [9.17, 15) is 4.79 Å². The van der Waals surface area contributed by atoms with E-state index in [0.717, 1.165) is 5.69 Å². The molecule has 0 radical (unpaired) electrons. The first kappa shape index (κ1) is 13.1. The molecule has 0 bridgehead atoms. The molecule has 0 unspecified atom stereocenters. The van der Waals surface area contributed by atoms with E-state index in [-0.39, 0.29) is 5.69 Å². The first-order valence-corrected chi connectivity index (χ1v) is 6.76. The summed E-state index contributed by atoms with van der Waals surface area (Å²) in [5, 5.41) is 14.0. The van der Waals surface area contributed by atoms with Crippen molar-refractivity contribution in [3.63, 3.8) is 0 Å². The second kappa shape index (κ2) is 5.02. The Kier molecular flexibility index (Phi) is 2.87. The van der Waals surface area contributed by atoms with Gasteiger partial charge in [-0.25, -0.2) is 24.4 Å². The van der Waals surface area contributed by atoms with Crippen LogP contribution in [0.1, 0.15) is 10.5 Å². The van der Waals surface area contributed by atoms with Gasteiger partial charge in [-0.2, -0.15) is 5.10 Å². The Bertz CT molecular complexity index is 1010. The molecule has 8 heteroatoms. The monoisotopic (exact) mass is 306 g/mol. The van der Waals surface area contributed by atoms with Crippen LogP contribution in [-0.4, -0.2) is 40.4 Å². The van der Waals surface area contributed by atoms with E-state index >= 15 is 0 Å². The van der Waals surface area contributed by atoms with Crippen LogP contribution in [0, 0.1) is 0 Å². The molecule has 1 N–H and O–H groups in total. The van der Waals surface area contributed by atoms with Crippen molar-refractivity contribution in [1.82, 2.24) is 29.3 Å². The molecule has 3 aromatic heterocycles. The number of nitrogens with zero attached hydrogens (tertiary/aromatic N) is 6. The summed E-state index contributed by atoms with van der Waals surface area (Å²) in [6, 6.07) is 9.61. The van der Waals surface area contributed by atoms with Crippen LogP contribution in [0.4, 0.5) is 0 Å². The minimum absolute atomic E-state index is 0.0489. The summed E-state index contributed by atoms with van der Waals surface area (Å²) in [5.74, 6) is -0.564. The topological polar surface area (TPSA) is 98.7 Å². The molecule has 0 amide bonds. The number of benzene rings is 1. The van der Waals surface area contributed by atoms with Gasteiger partial charge in [0.05, 0.1) is 17.3 Å². The summed E-state index contributed by atoms with van der Waals surface area (Å²) in [6.07, 6.45) is 5.88. The van der Waals surface area contributed by atoms with Gasteiger partial charge in [-0.3, -0.25) is 4.57 Å². The number of carboxylic acids is 1. The number of carboxylic acid groups (broad SMARTS) is 1. The zero-order valence-electron chi connectivity index (χ0n) is 11.7. The average Bonchev–Trinajstić information content (AvgIpc) is 3.22. The molecule has 0 saturated carbocycles. The molecule has 0 aliphatic heterocycles. The van der Waals surface area contributed by atoms with E-state index in [0.29, 0.717) is 16.9 Å². The SMILES string of the molecule is O=C(O)c1cn(-c2ncnc3c2cnn3-c2ccccc2)cn1. The first-order chi connectivity index (χ1) is 11.2. The lowest BCUT2D eigenvalue weighted by Gasteiger charge is -2.04. The number of aromatic nitrogens is 6. The normalized spacial score (nSPS) is 11.0. The van der Waals surface area contributed by atoms with E-state index in [2.05, 4.69) is 20.1 Å². The van der Waals surface area contributed by atoms with Crippen molar-refractivity contribution in [1.29, 1.82) is 0 Å². The van der Waals surface area contributed by atoms with Gasteiger partial charge >= 0.3 is 5.97 Å². The van der Waals surface area contributed by atoms with Gasteiger partial charge in [-0.15, -0.1) is 0 Å². The molecule has 4 aromatic rings. The standard InChI is InChI=1S/C15H10N6O2/c22-15(23)12-7-20(9-18-12)13-11-6-19-21(14(11)17-8-16-13)10-4-2-1-3-5-10/h1-9H,(H,22,23). The summed E-state index contributed by atoms with van der Waals surface area (Å²) in [6.45, 7) is 0. The molecule has 23 heavy (non-hydrogen) atoms. The molecule has 0 fully saturated rings. The third-order valence-electron chi connectivity index (χ3n) is 3.39. The molecular formula is C15H10N6O2. The van der Waals surface area contributed by atoms with E-state index in [4.69, 9.17) is 5.11 Å². The number of carbonyl (C=O) groups is 1. The smallest absolute Gasteiger partial charge is 0.356 e. The minimum atomic E-state index is -1.09. The van der Waals surface area contributed by atoms with Gasteiger partial charge in [0.1, 0.15) is 12.7 Å². The van der Waals surface area contributed by atoms with Crippen molar-refractivity contribution in [2.75, 3.05) is 0 Å². The molecular weight excluding hydrogens is 296 g/mol. The van der Waals surface area contributed by atoms with Crippen LogP contribution in [0.2, 0.25) is 0 Å². The number of fused-ring (bicyclic) bond motifs is 1. The minimum Gasteiger partial charge on any atom is -0.476 e. The Balaban J connectivity index is 1.89. The molecule has 112 valence electrons. The molecule has 8 nitrogen and oxygen atoms in total. The molecule has 0 aliphatic rings. The molecule has 4 rings (SSSR count). The van der Waals surface area contributed by atoms with Gasteiger partial charge in [0, 0.05) is 6.20 Å². The Morgan fingerprint density at radius 3 is 2.65 bits per heavy atom. The third-order valence-corrected chi connectivity index (χ3v) is 3.39. The van der Waals surface area contributed by atoms with Crippen LogP contribution >= 0.6 is 0 Å². The number of hydrogen-bond donors (Lipinski definition) is 1. The van der Waals surface area contributed by atoms with Crippen molar-refractivity contribution in [3.05, 3.63) is 61.1 Å². The average molecular weight is 306 g/mol. The number of imidazole rings is 1. The highest BCUT2D eigenvalue weighted by Crippen LogP contribution is 2.21. The molecule has 0 atom stereocenters. The molecule has 0 aliphatic carbocycles. The van der Waals surface area contributed by atoms with Crippen molar-refractivity contribution in [3.8, 4) is 11.5 Å². The summed E-state index contributed by atoms with van der Waals surface area (Å²) in [5.41, 5.74) is 1.46.